The quantitative estimate of drug-likeness (QED) is 0.512. The number of benzene rings is 1. The maximum absolute atomic E-state index is 11.2. The molecule has 0 saturated heterocycles. The molecule has 0 aliphatic carbocycles. The number of furan rings is 1. The highest BCUT2D eigenvalue weighted by Gasteiger charge is 2.11. The van der Waals surface area contributed by atoms with Crippen molar-refractivity contribution in [3.05, 3.63) is 57.8 Å². The molecular formula is C13H12N2O5. The Labute approximate surface area is 114 Å². The van der Waals surface area contributed by atoms with Gasteiger partial charge < -0.3 is 14.5 Å². The van der Waals surface area contributed by atoms with Gasteiger partial charge in [-0.25, -0.2) is 4.79 Å². The number of nitro groups is 1. The van der Waals surface area contributed by atoms with Gasteiger partial charge in [0.25, 0.3) is 0 Å². The van der Waals surface area contributed by atoms with Crippen LogP contribution in [0.1, 0.15) is 16.1 Å². The van der Waals surface area contributed by atoms with E-state index in [-0.39, 0.29) is 5.88 Å². The molecule has 0 bridgehead atoms. The molecule has 7 nitrogen and oxygen atoms in total. The van der Waals surface area contributed by atoms with Gasteiger partial charge in [0.2, 0.25) is 0 Å². The second-order valence-corrected chi connectivity index (χ2v) is 3.92. The fourth-order valence-electron chi connectivity index (χ4n) is 1.59. The van der Waals surface area contributed by atoms with E-state index in [0.717, 1.165) is 5.69 Å². The Hall–Kier alpha value is -2.83. The van der Waals surface area contributed by atoms with Gasteiger partial charge >= 0.3 is 11.9 Å². The van der Waals surface area contributed by atoms with Crippen molar-refractivity contribution in [2.45, 2.75) is 6.54 Å². The molecule has 1 aromatic heterocycles. The van der Waals surface area contributed by atoms with Gasteiger partial charge in [-0.2, -0.15) is 0 Å². The summed E-state index contributed by atoms with van der Waals surface area (Å²) < 4.78 is 9.60. The Balaban J connectivity index is 1.96. The summed E-state index contributed by atoms with van der Waals surface area (Å²) in [5, 5.41) is 13.5. The molecule has 0 atom stereocenters. The zero-order chi connectivity index (χ0) is 14.5. The fourth-order valence-corrected chi connectivity index (χ4v) is 1.59. The summed E-state index contributed by atoms with van der Waals surface area (Å²) in [5.74, 6) is -0.241. The van der Waals surface area contributed by atoms with Crippen LogP contribution in [-0.4, -0.2) is 18.0 Å². The van der Waals surface area contributed by atoms with E-state index in [1.54, 1.807) is 24.3 Å². The molecule has 1 aromatic carbocycles. The van der Waals surface area contributed by atoms with Gasteiger partial charge in [-0.1, -0.05) is 0 Å². The summed E-state index contributed by atoms with van der Waals surface area (Å²) in [6, 6.07) is 9.51. The van der Waals surface area contributed by atoms with Crippen LogP contribution in [0.15, 0.2) is 40.8 Å². The number of carbonyl (C=O) groups excluding carboxylic acids is 1. The molecule has 0 aliphatic rings. The van der Waals surface area contributed by atoms with Crippen molar-refractivity contribution in [1.82, 2.24) is 0 Å². The number of hydrogen-bond donors (Lipinski definition) is 1. The third-order valence-corrected chi connectivity index (χ3v) is 2.60. The van der Waals surface area contributed by atoms with Crippen LogP contribution < -0.4 is 5.32 Å². The Kier molecular flexibility index (Phi) is 3.99. The predicted molar refractivity (Wildman–Crippen MR) is 70.5 cm³/mol. The SMILES string of the molecule is COC(=O)c1ccc(NCc2ccc([N+](=O)[O-])o2)cc1. The molecule has 0 amide bonds. The minimum atomic E-state index is -0.589. The van der Waals surface area contributed by atoms with Gasteiger partial charge in [0.15, 0.2) is 0 Å². The maximum Gasteiger partial charge on any atom is 0.433 e. The molecule has 1 N–H and O–H groups in total. The highest BCUT2D eigenvalue weighted by atomic mass is 16.6. The lowest BCUT2D eigenvalue weighted by atomic mass is 10.2. The van der Waals surface area contributed by atoms with Crippen molar-refractivity contribution in [3.63, 3.8) is 0 Å². The molecule has 7 heteroatoms. The van der Waals surface area contributed by atoms with Crippen molar-refractivity contribution in [3.8, 4) is 0 Å². The summed E-state index contributed by atoms with van der Waals surface area (Å²) >= 11 is 0. The van der Waals surface area contributed by atoms with E-state index in [2.05, 4.69) is 10.1 Å². The smallest absolute Gasteiger partial charge is 0.433 e. The lowest BCUT2D eigenvalue weighted by Gasteiger charge is -2.05. The molecule has 0 radical (unpaired) electrons. The number of nitrogens with zero attached hydrogens (tertiary/aromatic N) is 1. The minimum absolute atomic E-state index is 0.289. The monoisotopic (exact) mass is 276 g/mol. The zero-order valence-electron chi connectivity index (χ0n) is 10.7. The topological polar surface area (TPSA) is 94.6 Å². The molecular weight excluding hydrogens is 264 g/mol. The van der Waals surface area contributed by atoms with E-state index in [1.165, 1.54) is 19.2 Å². The summed E-state index contributed by atoms with van der Waals surface area (Å²) in [4.78, 5) is 21.1. The molecule has 2 rings (SSSR count). The zero-order valence-corrected chi connectivity index (χ0v) is 10.7. The molecule has 1 heterocycles. The highest BCUT2D eigenvalue weighted by Crippen LogP contribution is 2.17. The first kappa shape index (κ1) is 13.6. The van der Waals surface area contributed by atoms with Gasteiger partial charge in [0.1, 0.15) is 10.7 Å². The maximum atomic E-state index is 11.2. The van der Waals surface area contributed by atoms with Crippen LogP contribution >= 0.6 is 0 Å². The third-order valence-electron chi connectivity index (χ3n) is 2.60. The Morgan fingerprint density at radius 3 is 2.55 bits per heavy atom. The summed E-state index contributed by atoms with van der Waals surface area (Å²) in [6.07, 6.45) is 0. The molecule has 0 spiro atoms. The van der Waals surface area contributed by atoms with Crippen LogP contribution in [-0.2, 0) is 11.3 Å². The molecule has 0 saturated carbocycles. The first-order chi connectivity index (χ1) is 9.60. The summed E-state index contributed by atoms with van der Waals surface area (Å²) in [6.45, 7) is 0.311. The Bertz CT molecular complexity index is 618. The Morgan fingerprint density at radius 2 is 2.00 bits per heavy atom. The van der Waals surface area contributed by atoms with E-state index < -0.39 is 10.9 Å². The fraction of sp³-hybridized carbons (Fsp3) is 0.154. The van der Waals surface area contributed by atoms with Gasteiger partial charge in [0, 0.05) is 5.69 Å². The molecule has 20 heavy (non-hydrogen) atoms. The number of hydrogen-bond acceptors (Lipinski definition) is 6. The lowest BCUT2D eigenvalue weighted by Crippen LogP contribution is -2.02. The number of methoxy groups -OCH3 is 1. The second-order valence-electron chi connectivity index (χ2n) is 3.92. The molecule has 0 unspecified atom stereocenters. The number of nitrogens with one attached hydrogen (secondary N) is 1. The lowest BCUT2D eigenvalue weighted by molar-refractivity contribution is -0.402. The van der Waals surface area contributed by atoms with Gasteiger partial charge in [-0.3, -0.25) is 10.1 Å². The van der Waals surface area contributed by atoms with Gasteiger partial charge in [-0.15, -0.1) is 0 Å². The standard InChI is InChI=1S/C13H12N2O5/c1-19-13(16)9-2-4-10(5-3-9)14-8-11-6-7-12(20-11)15(17)18/h2-7,14H,8H2,1H3. The number of esters is 1. The Morgan fingerprint density at radius 1 is 1.30 bits per heavy atom. The number of ether oxygens (including phenoxy) is 1. The van der Waals surface area contributed by atoms with Crippen molar-refractivity contribution >= 4 is 17.5 Å². The molecule has 0 fully saturated rings. The van der Waals surface area contributed by atoms with E-state index in [1.807, 2.05) is 0 Å². The van der Waals surface area contributed by atoms with Crippen LogP contribution in [0.3, 0.4) is 0 Å². The van der Waals surface area contributed by atoms with E-state index in [9.17, 15) is 14.9 Å². The van der Waals surface area contributed by atoms with Gasteiger partial charge in [-0.05, 0) is 30.3 Å². The van der Waals surface area contributed by atoms with Crippen molar-refractivity contribution in [1.29, 1.82) is 0 Å². The van der Waals surface area contributed by atoms with Crippen LogP contribution in [0, 0.1) is 10.1 Å². The first-order valence-corrected chi connectivity index (χ1v) is 5.75. The average molecular weight is 276 g/mol. The predicted octanol–water partition coefficient (Wildman–Crippen LogP) is 2.59. The van der Waals surface area contributed by atoms with Crippen LogP contribution in [0.4, 0.5) is 11.6 Å². The van der Waals surface area contributed by atoms with Crippen molar-refractivity contribution in [2.24, 2.45) is 0 Å². The number of rotatable bonds is 5. The van der Waals surface area contributed by atoms with Crippen molar-refractivity contribution in [2.75, 3.05) is 12.4 Å². The van der Waals surface area contributed by atoms with E-state index in [4.69, 9.17) is 4.42 Å². The minimum Gasteiger partial charge on any atom is -0.465 e. The first-order valence-electron chi connectivity index (χ1n) is 5.75. The summed E-state index contributed by atoms with van der Waals surface area (Å²) in [5.41, 5.74) is 1.21. The molecule has 0 aliphatic heterocycles. The van der Waals surface area contributed by atoms with E-state index >= 15 is 0 Å². The number of anilines is 1. The molecule has 104 valence electrons. The van der Waals surface area contributed by atoms with E-state index in [0.29, 0.717) is 17.9 Å². The second kappa shape index (κ2) is 5.87. The van der Waals surface area contributed by atoms with Crippen LogP contribution in [0.2, 0.25) is 0 Å². The largest absolute Gasteiger partial charge is 0.465 e. The van der Waals surface area contributed by atoms with Crippen molar-refractivity contribution < 1.29 is 18.9 Å². The van der Waals surface area contributed by atoms with Crippen LogP contribution in [0.5, 0.6) is 0 Å². The third kappa shape index (κ3) is 3.14. The van der Waals surface area contributed by atoms with Gasteiger partial charge in [0.05, 0.1) is 25.3 Å². The summed E-state index contributed by atoms with van der Waals surface area (Å²) in [7, 11) is 1.32. The number of carbonyl (C=O) groups is 1. The normalized spacial score (nSPS) is 10.1. The van der Waals surface area contributed by atoms with Crippen LogP contribution in [0.25, 0.3) is 0 Å². The average Bonchev–Trinajstić information content (AvgIpc) is 2.94. The molecule has 2 aromatic rings. The highest BCUT2D eigenvalue weighted by molar-refractivity contribution is 5.89.